The number of hydrogen-bond donors (Lipinski definition) is 0. The lowest BCUT2D eigenvalue weighted by Crippen LogP contribution is -2.34. The molecule has 1 aromatic carbocycles. The molecule has 3 nitrogen and oxygen atoms in total. The molecule has 1 atom stereocenters. The fourth-order valence-corrected chi connectivity index (χ4v) is 4.21. The number of Topliss-reactive ketones (excluding diaryl/α,β-unsaturated/α-hetero) is 1. The Morgan fingerprint density at radius 1 is 1.05 bits per heavy atom. The third kappa shape index (κ3) is 3.40. The van der Waals surface area contributed by atoms with E-state index in [1.54, 1.807) is 0 Å². The lowest BCUT2D eigenvalue weighted by atomic mass is 9.67. The summed E-state index contributed by atoms with van der Waals surface area (Å²) in [6.45, 7) is 0.184. The van der Waals surface area contributed by atoms with Gasteiger partial charge in [0.2, 0.25) is 5.78 Å². The second-order valence-corrected chi connectivity index (χ2v) is 6.93. The number of esters is 1. The van der Waals surface area contributed by atoms with Crippen molar-refractivity contribution in [2.24, 2.45) is 11.3 Å². The standard InChI is InChI=1S/C19H24O3/c20-17(18(21)22-14-15-7-2-1-3-8-15)16-9-6-12-19(13-16)10-4-5-11-19/h1-3,7-8,16H,4-6,9-14H2. The zero-order valence-electron chi connectivity index (χ0n) is 13.1. The van der Waals surface area contributed by atoms with Crippen molar-refractivity contribution < 1.29 is 14.3 Å². The van der Waals surface area contributed by atoms with Crippen LogP contribution in [0.4, 0.5) is 0 Å². The maximum atomic E-state index is 12.4. The molecule has 1 unspecified atom stereocenters. The summed E-state index contributed by atoms with van der Waals surface area (Å²) in [5.41, 5.74) is 1.26. The summed E-state index contributed by atoms with van der Waals surface area (Å²) in [6.07, 6.45) is 9.07. The summed E-state index contributed by atoms with van der Waals surface area (Å²) in [6, 6.07) is 9.50. The van der Waals surface area contributed by atoms with Crippen molar-refractivity contribution in [1.29, 1.82) is 0 Å². The second kappa shape index (κ2) is 6.64. The molecule has 0 amide bonds. The normalized spacial score (nSPS) is 23.4. The fourth-order valence-electron chi connectivity index (χ4n) is 4.21. The number of benzene rings is 1. The zero-order chi connectivity index (χ0) is 15.4. The van der Waals surface area contributed by atoms with Crippen LogP contribution in [0.2, 0.25) is 0 Å². The van der Waals surface area contributed by atoms with Crippen molar-refractivity contribution in [3.05, 3.63) is 35.9 Å². The van der Waals surface area contributed by atoms with Crippen LogP contribution < -0.4 is 0 Å². The first kappa shape index (κ1) is 15.3. The molecule has 1 aromatic rings. The molecule has 0 saturated heterocycles. The summed E-state index contributed by atoms with van der Waals surface area (Å²) in [4.78, 5) is 24.4. The summed E-state index contributed by atoms with van der Waals surface area (Å²) in [5, 5.41) is 0. The lowest BCUT2D eigenvalue weighted by Gasteiger charge is -2.37. The molecule has 0 aromatic heterocycles. The van der Waals surface area contributed by atoms with E-state index in [9.17, 15) is 9.59 Å². The topological polar surface area (TPSA) is 43.4 Å². The summed E-state index contributed by atoms with van der Waals surface area (Å²) in [5.74, 6) is -1.07. The smallest absolute Gasteiger partial charge is 0.375 e. The molecule has 118 valence electrons. The van der Waals surface area contributed by atoms with Crippen molar-refractivity contribution in [2.45, 2.75) is 58.0 Å². The van der Waals surface area contributed by atoms with Gasteiger partial charge in [0, 0.05) is 5.92 Å². The van der Waals surface area contributed by atoms with E-state index in [0.29, 0.717) is 5.41 Å². The molecule has 0 aliphatic heterocycles. The van der Waals surface area contributed by atoms with E-state index in [-0.39, 0.29) is 18.3 Å². The van der Waals surface area contributed by atoms with E-state index in [2.05, 4.69) is 0 Å². The Balaban J connectivity index is 1.55. The van der Waals surface area contributed by atoms with Crippen molar-refractivity contribution in [2.75, 3.05) is 0 Å². The van der Waals surface area contributed by atoms with Gasteiger partial charge >= 0.3 is 5.97 Å². The summed E-state index contributed by atoms with van der Waals surface area (Å²) < 4.78 is 5.21. The van der Waals surface area contributed by atoms with E-state index in [1.165, 1.54) is 32.1 Å². The van der Waals surface area contributed by atoms with Gasteiger partial charge in [0.05, 0.1) is 0 Å². The molecule has 1 spiro atoms. The molecule has 22 heavy (non-hydrogen) atoms. The Bertz CT molecular complexity index is 529. The number of ether oxygens (including phenoxy) is 1. The molecule has 0 heterocycles. The number of hydrogen-bond acceptors (Lipinski definition) is 3. The van der Waals surface area contributed by atoms with Crippen LogP contribution in [0.15, 0.2) is 30.3 Å². The highest BCUT2D eigenvalue weighted by atomic mass is 16.5. The van der Waals surface area contributed by atoms with Crippen LogP contribution >= 0.6 is 0 Å². The van der Waals surface area contributed by atoms with Gasteiger partial charge in [-0.05, 0) is 43.1 Å². The van der Waals surface area contributed by atoms with Crippen LogP contribution in [0.25, 0.3) is 0 Å². The van der Waals surface area contributed by atoms with E-state index in [4.69, 9.17) is 4.74 Å². The predicted molar refractivity (Wildman–Crippen MR) is 84.1 cm³/mol. The molecule has 0 N–H and O–H groups in total. The summed E-state index contributed by atoms with van der Waals surface area (Å²) in [7, 11) is 0. The Kier molecular flexibility index (Phi) is 4.60. The number of carbonyl (C=O) groups excluding carboxylic acids is 2. The largest absolute Gasteiger partial charge is 0.455 e. The van der Waals surface area contributed by atoms with Gasteiger partial charge in [-0.15, -0.1) is 0 Å². The van der Waals surface area contributed by atoms with Crippen LogP contribution in [0.3, 0.4) is 0 Å². The highest BCUT2D eigenvalue weighted by Crippen LogP contribution is 2.50. The van der Waals surface area contributed by atoms with Crippen LogP contribution in [-0.4, -0.2) is 11.8 Å². The zero-order valence-corrected chi connectivity index (χ0v) is 13.1. The van der Waals surface area contributed by atoms with Gasteiger partial charge in [-0.25, -0.2) is 4.79 Å². The van der Waals surface area contributed by atoms with Crippen molar-refractivity contribution >= 4 is 11.8 Å². The average molecular weight is 300 g/mol. The minimum absolute atomic E-state index is 0.116. The molecule has 2 fully saturated rings. The van der Waals surface area contributed by atoms with E-state index >= 15 is 0 Å². The molecule has 2 aliphatic rings. The molecule has 3 rings (SSSR count). The van der Waals surface area contributed by atoms with E-state index in [0.717, 1.165) is 24.8 Å². The third-order valence-corrected chi connectivity index (χ3v) is 5.39. The SMILES string of the molecule is O=C(OCc1ccccc1)C(=O)C1CCCC2(CCCC2)C1. The van der Waals surface area contributed by atoms with Gasteiger partial charge in [0.15, 0.2) is 0 Å². The van der Waals surface area contributed by atoms with Gasteiger partial charge in [-0.1, -0.05) is 49.6 Å². The Hall–Kier alpha value is -1.64. The fraction of sp³-hybridized carbons (Fsp3) is 0.579. The van der Waals surface area contributed by atoms with Crippen LogP contribution in [0.1, 0.15) is 56.9 Å². The Morgan fingerprint density at radius 2 is 1.73 bits per heavy atom. The molecular weight excluding hydrogens is 276 g/mol. The van der Waals surface area contributed by atoms with Crippen molar-refractivity contribution in [1.82, 2.24) is 0 Å². The van der Waals surface area contributed by atoms with E-state index < -0.39 is 5.97 Å². The lowest BCUT2D eigenvalue weighted by molar-refractivity contribution is -0.157. The maximum Gasteiger partial charge on any atom is 0.375 e. The summed E-state index contributed by atoms with van der Waals surface area (Å²) >= 11 is 0. The number of rotatable bonds is 4. The molecule has 0 bridgehead atoms. The quantitative estimate of drug-likeness (QED) is 0.622. The van der Waals surface area contributed by atoms with Crippen molar-refractivity contribution in [3.8, 4) is 0 Å². The van der Waals surface area contributed by atoms with Crippen molar-refractivity contribution in [3.63, 3.8) is 0 Å². The molecule has 3 heteroatoms. The Morgan fingerprint density at radius 3 is 2.45 bits per heavy atom. The molecule has 2 saturated carbocycles. The van der Waals surface area contributed by atoms with Crippen LogP contribution in [-0.2, 0) is 20.9 Å². The van der Waals surface area contributed by atoms with Gasteiger partial charge < -0.3 is 4.74 Å². The molecule has 0 radical (unpaired) electrons. The first-order valence-electron chi connectivity index (χ1n) is 8.43. The highest BCUT2D eigenvalue weighted by molar-refractivity contribution is 6.34. The second-order valence-electron chi connectivity index (χ2n) is 6.93. The van der Waals surface area contributed by atoms with Crippen LogP contribution in [0.5, 0.6) is 0 Å². The van der Waals surface area contributed by atoms with Gasteiger partial charge in [0.25, 0.3) is 0 Å². The minimum Gasteiger partial charge on any atom is -0.455 e. The van der Waals surface area contributed by atoms with Gasteiger partial charge in [0.1, 0.15) is 6.61 Å². The van der Waals surface area contributed by atoms with Gasteiger partial charge in [-0.3, -0.25) is 4.79 Å². The Labute approximate surface area is 132 Å². The minimum atomic E-state index is -0.649. The van der Waals surface area contributed by atoms with Gasteiger partial charge in [-0.2, -0.15) is 0 Å². The molecular formula is C19H24O3. The first-order chi connectivity index (χ1) is 10.7. The van der Waals surface area contributed by atoms with Crippen LogP contribution in [0, 0.1) is 11.3 Å². The number of ketones is 1. The number of carbonyl (C=O) groups is 2. The average Bonchev–Trinajstić information content (AvgIpc) is 3.00. The highest BCUT2D eigenvalue weighted by Gasteiger charge is 2.42. The first-order valence-corrected chi connectivity index (χ1v) is 8.43. The third-order valence-electron chi connectivity index (χ3n) is 5.39. The monoisotopic (exact) mass is 300 g/mol. The molecule has 2 aliphatic carbocycles. The van der Waals surface area contributed by atoms with E-state index in [1.807, 2.05) is 30.3 Å². The predicted octanol–water partition coefficient (Wildman–Crippen LogP) is 4.05. The maximum absolute atomic E-state index is 12.4.